The van der Waals surface area contributed by atoms with Gasteiger partial charge in [-0.05, 0) is 19.4 Å². The zero-order valence-electron chi connectivity index (χ0n) is 8.54. The maximum atomic E-state index is 11.1. The van der Waals surface area contributed by atoms with Crippen LogP contribution in [0.4, 0.5) is 0 Å². The molecule has 14 heavy (non-hydrogen) atoms. The maximum absolute atomic E-state index is 11.1. The molecule has 0 amide bonds. The van der Waals surface area contributed by atoms with Crippen molar-refractivity contribution in [1.29, 1.82) is 0 Å². The number of hydrogen-bond acceptors (Lipinski definition) is 4. The predicted octanol–water partition coefficient (Wildman–Crippen LogP) is 0.416. The highest BCUT2D eigenvalue weighted by atomic mass is 16.5. The number of carboxylic acid groups (broad SMARTS) is 1. The molecule has 4 nitrogen and oxygen atoms in total. The monoisotopic (exact) mass is 199 g/mol. The molecule has 0 bridgehead atoms. The van der Waals surface area contributed by atoms with E-state index in [-0.39, 0.29) is 5.57 Å². The number of unbranched alkanes of at least 4 members (excludes halogenated alkanes) is 2. The van der Waals surface area contributed by atoms with Crippen LogP contribution < -0.4 is 5.11 Å². The van der Waals surface area contributed by atoms with Crippen LogP contribution in [-0.4, -0.2) is 18.5 Å². The fourth-order valence-corrected chi connectivity index (χ4v) is 0.866. The van der Waals surface area contributed by atoms with Crippen molar-refractivity contribution in [2.75, 3.05) is 6.61 Å². The lowest BCUT2D eigenvalue weighted by Crippen LogP contribution is -2.21. The van der Waals surface area contributed by atoms with E-state index >= 15 is 0 Å². The molecule has 0 radical (unpaired) electrons. The second-order valence-corrected chi connectivity index (χ2v) is 2.99. The summed E-state index contributed by atoms with van der Waals surface area (Å²) in [5.41, 5.74) is 0.0569. The summed E-state index contributed by atoms with van der Waals surface area (Å²) in [7, 11) is 0. The highest BCUT2D eigenvalue weighted by Gasteiger charge is 2.04. The molecule has 4 heteroatoms. The molecule has 0 saturated carbocycles. The van der Waals surface area contributed by atoms with Gasteiger partial charge in [0.05, 0.1) is 12.6 Å². The maximum Gasteiger partial charge on any atom is 0.333 e. The third-order valence-corrected chi connectivity index (χ3v) is 1.64. The number of hydrogen-bond donors (Lipinski definition) is 0. The van der Waals surface area contributed by atoms with Gasteiger partial charge in [0.25, 0.3) is 0 Å². The molecule has 0 unspecified atom stereocenters. The first kappa shape index (κ1) is 12.7. The Morgan fingerprint density at radius 1 is 1.36 bits per heavy atom. The van der Waals surface area contributed by atoms with Crippen molar-refractivity contribution in [1.82, 2.24) is 0 Å². The van der Waals surface area contributed by atoms with Gasteiger partial charge < -0.3 is 14.6 Å². The van der Waals surface area contributed by atoms with Gasteiger partial charge in [-0.2, -0.15) is 0 Å². The zero-order chi connectivity index (χ0) is 11.0. The Labute approximate surface area is 83.6 Å². The average molecular weight is 199 g/mol. The summed E-state index contributed by atoms with van der Waals surface area (Å²) in [6.45, 7) is 3.77. The van der Waals surface area contributed by atoms with Crippen LogP contribution in [0.25, 0.3) is 0 Å². The van der Waals surface area contributed by atoms with Gasteiger partial charge in [0, 0.05) is 5.57 Å². The number of rotatable bonds is 6. The third-order valence-electron chi connectivity index (χ3n) is 1.64. The van der Waals surface area contributed by atoms with Crippen molar-refractivity contribution in [3.05, 3.63) is 11.6 Å². The Morgan fingerprint density at radius 3 is 2.50 bits per heavy atom. The van der Waals surface area contributed by atoms with Crippen molar-refractivity contribution >= 4 is 11.9 Å². The first-order valence-electron chi connectivity index (χ1n) is 4.64. The second kappa shape index (κ2) is 7.12. The lowest BCUT2D eigenvalue weighted by atomic mass is 10.2. The quantitative estimate of drug-likeness (QED) is 0.353. The normalized spacial score (nSPS) is 11.1. The summed E-state index contributed by atoms with van der Waals surface area (Å²) in [5.74, 6) is -1.97. The Bertz CT molecular complexity index is 230. The van der Waals surface area contributed by atoms with Crippen LogP contribution >= 0.6 is 0 Å². The van der Waals surface area contributed by atoms with E-state index in [2.05, 4.69) is 0 Å². The lowest BCUT2D eigenvalue weighted by Gasteiger charge is -2.04. The molecule has 0 fully saturated rings. The highest BCUT2D eigenvalue weighted by molar-refractivity contribution is 5.94. The van der Waals surface area contributed by atoms with E-state index in [1.54, 1.807) is 0 Å². The molecule has 0 aliphatic carbocycles. The molecule has 0 saturated heterocycles. The summed E-state index contributed by atoms with van der Waals surface area (Å²) in [6.07, 6.45) is 3.59. The average Bonchev–Trinajstić information content (AvgIpc) is 2.11. The Morgan fingerprint density at radius 2 is 2.00 bits per heavy atom. The molecule has 0 N–H and O–H groups in total. The van der Waals surface area contributed by atoms with Gasteiger partial charge >= 0.3 is 5.97 Å². The van der Waals surface area contributed by atoms with Crippen LogP contribution in [0.15, 0.2) is 11.6 Å². The fourth-order valence-electron chi connectivity index (χ4n) is 0.866. The Balaban J connectivity index is 3.79. The molecular formula is C10H15O4-. The first-order valence-corrected chi connectivity index (χ1v) is 4.64. The zero-order valence-corrected chi connectivity index (χ0v) is 8.54. The predicted molar refractivity (Wildman–Crippen MR) is 49.2 cm³/mol. The minimum Gasteiger partial charge on any atom is -0.545 e. The topological polar surface area (TPSA) is 66.4 Å². The minimum absolute atomic E-state index is 0.0569. The first-order chi connectivity index (χ1) is 6.57. The van der Waals surface area contributed by atoms with Crippen LogP contribution in [0.5, 0.6) is 0 Å². The van der Waals surface area contributed by atoms with Crippen molar-refractivity contribution in [3.63, 3.8) is 0 Å². The van der Waals surface area contributed by atoms with Gasteiger partial charge in [-0.3, -0.25) is 0 Å². The van der Waals surface area contributed by atoms with E-state index in [0.29, 0.717) is 6.61 Å². The van der Waals surface area contributed by atoms with E-state index in [4.69, 9.17) is 4.74 Å². The molecule has 0 aliphatic heterocycles. The minimum atomic E-state index is -1.38. The van der Waals surface area contributed by atoms with E-state index in [9.17, 15) is 14.7 Å². The number of carboxylic acids is 1. The smallest absolute Gasteiger partial charge is 0.333 e. The lowest BCUT2D eigenvalue weighted by molar-refractivity contribution is -0.297. The largest absolute Gasteiger partial charge is 0.545 e. The van der Waals surface area contributed by atoms with Crippen LogP contribution in [0.3, 0.4) is 0 Å². The van der Waals surface area contributed by atoms with E-state index in [0.717, 1.165) is 25.3 Å². The van der Waals surface area contributed by atoms with Gasteiger partial charge in [0.15, 0.2) is 0 Å². The number of ether oxygens (including phenoxy) is 1. The van der Waals surface area contributed by atoms with Gasteiger partial charge in [-0.25, -0.2) is 4.79 Å². The van der Waals surface area contributed by atoms with Gasteiger partial charge in [0.2, 0.25) is 0 Å². The molecule has 0 aromatic rings. The molecule has 0 aromatic carbocycles. The molecule has 0 heterocycles. The van der Waals surface area contributed by atoms with E-state index in [1.807, 2.05) is 6.92 Å². The number of esters is 1. The molecule has 0 spiro atoms. The Kier molecular flexibility index (Phi) is 6.45. The summed E-state index contributed by atoms with van der Waals surface area (Å²) in [6, 6.07) is 0. The van der Waals surface area contributed by atoms with Crippen LogP contribution in [-0.2, 0) is 14.3 Å². The summed E-state index contributed by atoms with van der Waals surface area (Å²) in [4.78, 5) is 21.2. The third kappa shape index (κ3) is 6.22. The molecule has 80 valence electrons. The molecule has 0 rings (SSSR count). The number of aliphatic carboxylic acids is 1. The van der Waals surface area contributed by atoms with Gasteiger partial charge in [0.1, 0.15) is 0 Å². The number of carbonyl (C=O) groups excluding carboxylic acids is 2. The van der Waals surface area contributed by atoms with E-state index in [1.165, 1.54) is 6.92 Å². The van der Waals surface area contributed by atoms with Crippen LogP contribution in [0.1, 0.15) is 33.1 Å². The fraction of sp³-hybridized carbons (Fsp3) is 0.600. The van der Waals surface area contributed by atoms with Crippen LogP contribution in [0, 0.1) is 0 Å². The van der Waals surface area contributed by atoms with Crippen molar-refractivity contribution < 1.29 is 19.4 Å². The van der Waals surface area contributed by atoms with Crippen molar-refractivity contribution in [2.24, 2.45) is 0 Å². The van der Waals surface area contributed by atoms with Crippen molar-refractivity contribution in [3.8, 4) is 0 Å². The van der Waals surface area contributed by atoms with Gasteiger partial charge in [-0.15, -0.1) is 0 Å². The second-order valence-electron chi connectivity index (χ2n) is 2.99. The molecule has 0 atom stereocenters. The van der Waals surface area contributed by atoms with Crippen molar-refractivity contribution in [2.45, 2.75) is 33.1 Å². The summed E-state index contributed by atoms with van der Waals surface area (Å²) >= 11 is 0. The Hall–Kier alpha value is -1.32. The molecule has 0 aromatic heterocycles. The standard InChI is InChI=1S/C10H16O4/c1-3-4-5-6-14-10(13)8(2)7-9(11)12/h7H,3-6H2,1-2H3,(H,11,12)/p-1/b8-7+. The summed E-state index contributed by atoms with van der Waals surface area (Å²) in [5, 5.41) is 10.1. The number of carbonyl (C=O) groups is 2. The van der Waals surface area contributed by atoms with E-state index < -0.39 is 11.9 Å². The summed E-state index contributed by atoms with van der Waals surface area (Å²) < 4.78 is 4.81. The van der Waals surface area contributed by atoms with Crippen LogP contribution in [0.2, 0.25) is 0 Å². The molecular weight excluding hydrogens is 184 g/mol. The SMILES string of the molecule is CCCCCOC(=O)/C(C)=C/C(=O)[O-]. The van der Waals surface area contributed by atoms with Gasteiger partial charge in [-0.1, -0.05) is 19.8 Å². The highest BCUT2D eigenvalue weighted by Crippen LogP contribution is 1.99. The molecule has 0 aliphatic rings.